The molecule has 32 heavy (non-hydrogen) atoms. The normalized spacial score (nSPS) is 15.8. The zero-order valence-corrected chi connectivity index (χ0v) is 19.5. The lowest BCUT2D eigenvalue weighted by atomic mass is 10.0. The number of hydrogen-bond donors (Lipinski definition) is 4. The second-order valence-corrected chi connectivity index (χ2v) is 8.26. The van der Waals surface area contributed by atoms with E-state index in [2.05, 4.69) is 22.5 Å². The van der Waals surface area contributed by atoms with E-state index < -0.39 is 0 Å². The maximum absolute atomic E-state index is 12.6. The molecule has 0 unspecified atom stereocenters. The Labute approximate surface area is 195 Å². The van der Waals surface area contributed by atoms with Crippen LogP contribution in [-0.2, 0) is 4.79 Å². The smallest absolute Gasteiger partial charge is 0.317 e. The van der Waals surface area contributed by atoms with Crippen LogP contribution in [-0.4, -0.2) is 67.2 Å². The number of likely N-dealkylation sites (tertiary alicyclic amines) is 1. The Kier molecular flexibility index (Phi) is 10.1. The summed E-state index contributed by atoms with van der Waals surface area (Å²) >= 11 is 5.99. The molecule has 1 aromatic carbocycles. The van der Waals surface area contributed by atoms with Crippen molar-refractivity contribution >= 4 is 35.4 Å². The van der Waals surface area contributed by atoms with Gasteiger partial charge in [0.05, 0.1) is 12.6 Å². The molecule has 1 heterocycles. The summed E-state index contributed by atoms with van der Waals surface area (Å²) in [5, 5.41) is 16.7. The molecule has 0 aliphatic carbocycles. The molecule has 1 atom stereocenters. The van der Waals surface area contributed by atoms with Crippen LogP contribution < -0.4 is 16.0 Å². The summed E-state index contributed by atoms with van der Waals surface area (Å²) in [5.74, 6) is 0.0650. The number of allylic oxidation sites excluding steroid dienone is 1. The van der Waals surface area contributed by atoms with Crippen molar-refractivity contribution in [3.05, 3.63) is 53.3 Å². The van der Waals surface area contributed by atoms with Gasteiger partial charge in [0.15, 0.2) is 0 Å². The maximum atomic E-state index is 12.6. The molecule has 3 amide bonds. The van der Waals surface area contributed by atoms with Crippen LogP contribution in [0.25, 0.3) is 0 Å². The van der Waals surface area contributed by atoms with Gasteiger partial charge in [-0.25, -0.2) is 4.79 Å². The van der Waals surface area contributed by atoms with Crippen molar-refractivity contribution in [2.24, 2.45) is 0 Å². The minimum Gasteiger partial charge on any atom is -0.390 e. The third kappa shape index (κ3) is 7.92. The second-order valence-electron chi connectivity index (χ2n) is 7.82. The van der Waals surface area contributed by atoms with Crippen LogP contribution in [0.3, 0.4) is 0 Å². The highest BCUT2D eigenvalue weighted by atomic mass is 35.5. The van der Waals surface area contributed by atoms with Gasteiger partial charge in [-0.15, -0.1) is 0 Å². The van der Waals surface area contributed by atoms with E-state index in [1.165, 1.54) is 6.21 Å². The quantitative estimate of drug-likeness (QED) is 0.317. The number of aryl methyl sites for hydroxylation is 1. The van der Waals surface area contributed by atoms with Crippen LogP contribution in [0.2, 0.25) is 5.02 Å². The molecule has 1 fully saturated rings. The first-order chi connectivity index (χ1) is 15.3. The van der Waals surface area contributed by atoms with E-state index in [1.54, 1.807) is 30.3 Å². The fraction of sp³-hybridized carbons (Fsp3) is 0.435. The average Bonchev–Trinajstić information content (AvgIpc) is 2.78. The fourth-order valence-electron chi connectivity index (χ4n) is 3.51. The Balaban J connectivity index is 1.78. The molecular weight excluding hydrogens is 428 g/mol. The first kappa shape index (κ1) is 25.3. The highest BCUT2D eigenvalue weighted by Crippen LogP contribution is 2.20. The molecule has 0 aromatic heterocycles. The number of carbonyl (C=O) groups is 2. The molecule has 8 nitrogen and oxygen atoms in total. The van der Waals surface area contributed by atoms with Crippen LogP contribution in [0.5, 0.6) is 0 Å². The number of piperidine rings is 1. The van der Waals surface area contributed by atoms with Gasteiger partial charge in [-0.05, 0) is 55.8 Å². The van der Waals surface area contributed by atoms with E-state index in [9.17, 15) is 9.59 Å². The summed E-state index contributed by atoms with van der Waals surface area (Å²) in [5.41, 5.74) is 2.56. The summed E-state index contributed by atoms with van der Waals surface area (Å²) in [4.78, 5) is 28.6. The second kappa shape index (κ2) is 12.8. The number of rotatable bonds is 10. The standard InChI is InChI=1S/C23H33ClN6O2/c1-17-14-19(24)7-8-21(17)28-18(2)15-27-23(32)29(3)20-6-4-13-30(16-20)22(31)9-12-26-11-5-10-25/h5,7-8,10-11,14,20,25-26,28H,2,4,6,9,12-13,15-16H2,1,3H3,(H,27,32)/b11-5-,25-10?/t20-/m1/s1. The number of halogens is 1. The van der Waals surface area contributed by atoms with Crippen LogP contribution >= 0.6 is 11.6 Å². The molecule has 174 valence electrons. The van der Waals surface area contributed by atoms with Gasteiger partial charge in [-0.2, -0.15) is 0 Å². The van der Waals surface area contributed by atoms with Gasteiger partial charge in [-0.1, -0.05) is 18.2 Å². The topological polar surface area (TPSA) is 101 Å². The molecule has 0 spiro atoms. The van der Waals surface area contributed by atoms with Gasteiger partial charge in [0.1, 0.15) is 0 Å². The van der Waals surface area contributed by atoms with Crippen molar-refractivity contribution in [2.45, 2.75) is 32.2 Å². The summed E-state index contributed by atoms with van der Waals surface area (Å²) in [7, 11) is 1.76. The lowest BCUT2D eigenvalue weighted by molar-refractivity contribution is -0.132. The van der Waals surface area contributed by atoms with Gasteiger partial charge in [0, 0.05) is 55.7 Å². The van der Waals surface area contributed by atoms with Crippen LogP contribution in [0.1, 0.15) is 24.8 Å². The zero-order valence-electron chi connectivity index (χ0n) is 18.8. The monoisotopic (exact) mass is 460 g/mol. The predicted octanol–water partition coefficient (Wildman–Crippen LogP) is 3.35. The van der Waals surface area contributed by atoms with E-state index in [0.29, 0.717) is 36.8 Å². The highest BCUT2D eigenvalue weighted by Gasteiger charge is 2.28. The molecule has 1 saturated heterocycles. The Hall–Kier alpha value is -3.00. The number of likely N-dealkylation sites (N-methyl/N-ethyl adjacent to an activating group) is 1. The summed E-state index contributed by atoms with van der Waals surface area (Å²) in [6.45, 7) is 7.98. The Morgan fingerprint density at radius 3 is 2.91 bits per heavy atom. The van der Waals surface area contributed by atoms with Crippen molar-refractivity contribution in [1.29, 1.82) is 5.41 Å². The van der Waals surface area contributed by atoms with E-state index in [1.807, 2.05) is 24.0 Å². The number of benzene rings is 1. The Bertz CT molecular complexity index is 857. The number of nitrogens with zero attached hydrogens (tertiary/aromatic N) is 2. The van der Waals surface area contributed by atoms with Gasteiger partial charge in [-0.3, -0.25) is 4.79 Å². The minimum atomic E-state index is -0.196. The molecule has 0 saturated carbocycles. The van der Waals surface area contributed by atoms with Gasteiger partial charge >= 0.3 is 6.03 Å². The third-order valence-corrected chi connectivity index (χ3v) is 5.60. The number of hydrogen-bond acceptors (Lipinski definition) is 5. The Morgan fingerprint density at radius 2 is 2.19 bits per heavy atom. The van der Waals surface area contributed by atoms with E-state index >= 15 is 0 Å². The van der Waals surface area contributed by atoms with Crippen molar-refractivity contribution in [1.82, 2.24) is 20.4 Å². The molecule has 9 heteroatoms. The Morgan fingerprint density at radius 1 is 1.41 bits per heavy atom. The summed E-state index contributed by atoms with van der Waals surface area (Å²) < 4.78 is 0. The first-order valence-electron chi connectivity index (χ1n) is 10.7. The van der Waals surface area contributed by atoms with E-state index in [-0.39, 0.29) is 24.5 Å². The molecule has 1 aliphatic heterocycles. The number of nitrogens with one attached hydrogen (secondary N) is 4. The lowest BCUT2D eigenvalue weighted by Gasteiger charge is -2.37. The van der Waals surface area contributed by atoms with Gasteiger partial charge in [0.25, 0.3) is 0 Å². The molecular formula is C23H33ClN6O2. The van der Waals surface area contributed by atoms with Crippen LogP contribution in [0.15, 0.2) is 42.8 Å². The number of amides is 3. The van der Waals surface area contributed by atoms with E-state index in [4.69, 9.17) is 17.0 Å². The molecule has 0 bridgehead atoms. The number of anilines is 1. The molecule has 1 aromatic rings. The maximum Gasteiger partial charge on any atom is 0.317 e. The van der Waals surface area contributed by atoms with Crippen molar-refractivity contribution in [3.8, 4) is 0 Å². The van der Waals surface area contributed by atoms with Crippen molar-refractivity contribution < 1.29 is 9.59 Å². The molecule has 4 N–H and O–H groups in total. The third-order valence-electron chi connectivity index (χ3n) is 5.36. The SMILES string of the molecule is C=C(CNC(=O)N(C)[C@@H]1CCCN(C(=O)CCN/C=C\C=N)C1)Nc1ccc(Cl)cc1C. The fourth-order valence-corrected chi connectivity index (χ4v) is 3.74. The van der Waals surface area contributed by atoms with Crippen LogP contribution in [0, 0.1) is 12.3 Å². The zero-order chi connectivity index (χ0) is 23.5. The van der Waals surface area contributed by atoms with Crippen LogP contribution in [0.4, 0.5) is 10.5 Å². The lowest BCUT2D eigenvalue weighted by Crippen LogP contribution is -2.53. The molecule has 1 aliphatic rings. The first-order valence-corrected chi connectivity index (χ1v) is 11.1. The highest BCUT2D eigenvalue weighted by molar-refractivity contribution is 6.30. The van der Waals surface area contributed by atoms with Gasteiger partial charge in [0.2, 0.25) is 5.91 Å². The van der Waals surface area contributed by atoms with E-state index in [0.717, 1.165) is 24.1 Å². The van der Waals surface area contributed by atoms with Gasteiger partial charge < -0.3 is 31.2 Å². The predicted molar refractivity (Wildman–Crippen MR) is 130 cm³/mol. The number of carbonyl (C=O) groups excluding carboxylic acids is 2. The molecule has 2 rings (SSSR count). The van der Waals surface area contributed by atoms with Crippen molar-refractivity contribution in [3.63, 3.8) is 0 Å². The largest absolute Gasteiger partial charge is 0.390 e. The molecule has 0 radical (unpaired) electrons. The van der Waals surface area contributed by atoms with Crippen molar-refractivity contribution in [2.75, 3.05) is 38.5 Å². The average molecular weight is 461 g/mol. The minimum absolute atomic E-state index is 0.0294. The number of urea groups is 1. The summed E-state index contributed by atoms with van der Waals surface area (Å²) in [6.07, 6.45) is 6.48. The summed E-state index contributed by atoms with van der Waals surface area (Å²) in [6, 6.07) is 5.32.